The number of anilines is 1. The highest BCUT2D eigenvalue weighted by atomic mass is 35.5. The van der Waals surface area contributed by atoms with Gasteiger partial charge in [0.2, 0.25) is 5.88 Å². The maximum atomic E-state index is 13.7. The first-order valence-electron chi connectivity index (χ1n) is 8.38. The van der Waals surface area contributed by atoms with Crippen molar-refractivity contribution in [3.8, 4) is 11.7 Å². The molecule has 0 saturated heterocycles. The molecule has 0 fully saturated rings. The zero-order chi connectivity index (χ0) is 22.8. The van der Waals surface area contributed by atoms with Gasteiger partial charge in [0.05, 0.1) is 36.6 Å². The van der Waals surface area contributed by atoms with E-state index in [1.807, 2.05) is 0 Å². The molecule has 0 aliphatic carbocycles. The molecule has 0 unspecified atom stereocenters. The predicted octanol–water partition coefficient (Wildman–Crippen LogP) is 3.38. The molecule has 9 nitrogen and oxygen atoms in total. The van der Waals surface area contributed by atoms with Crippen LogP contribution in [0, 0.1) is 0 Å². The van der Waals surface area contributed by atoms with Gasteiger partial charge in [0, 0.05) is 11.8 Å². The van der Waals surface area contributed by atoms with Gasteiger partial charge in [-0.3, -0.25) is 4.79 Å². The highest BCUT2D eigenvalue weighted by molar-refractivity contribution is 6.33. The molecule has 0 radical (unpaired) electrons. The molecule has 0 atom stereocenters. The summed E-state index contributed by atoms with van der Waals surface area (Å²) in [6.45, 7) is 0. The van der Waals surface area contributed by atoms with Gasteiger partial charge in [0.1, 0.15) is 0 Å². The molecule has 1 N–H and O–H groups in total. The van der Waals surface area contributed by atoms with Crippen LogP contribution in [0.25, 0.3) is 5.82 Å². The Morgan fingerprint density at radius 1 is 1.10 bits per heavy atom. The van der Waals surface area contributed by atoms with Crippen LogP contribution in [-0.2, 0) is 10.9 Å². The fourth-order valence-electron chi connectivity index (χ4n) is 2.56. The number of nitrogens with one attached hydrogen (secondary N) is 1. The number of benzene rings is 1. The minimum absolute atomic E-state index is 0.0277. The van der Waals surface area contributed by atoms with Crippen molar-refractivity contribution in [2.45, 2.75) is 6.18 Å². The van der Waals surface area contributed by atoms with Crippen LogP contribution >= 0.6 is 11.6 Å². The van der Waals surface area contributed by atoms with Crippen LogP contribution in [0.2, 0.25) is 5.02 Å². The molecule has 1 amide bonds. The predicted molar refractivity (Wildman–Crippen MR) is 101 cm³/mol. The molecule has 31 heavy (non-hydrogen) atoms. The van der Waals surface area contributed by atoms with Crippen molar-refractivity contribution >= 4 is 29.2 Å². The van der Waals surface area contributed by atoms with Crippen molar-refractivity contribution in [2.75, 3.05) is 19.5 Å². The minimum Gasteiger partial charge on any atom is -0.480 e. The Labute approximate surface area is 177 Å². The van der Waals surface area contributed by atoms with Crippen molar-refractivity contribution in [3.63, 3.8) is 0 Å². The zero-order valence-electron chi connectivity index (χ0n) is 15.9. The molecule has 3 rings (SSSR count). The Hall–Kier alpha value is -3.67. The summed E-state index contributed by atoms with van der Waals surface area (Å²) in [4.78, 5) is 24.3. The fourth-order valence-corrected chi connectivity index (χ4v) is 2.76. The van der Waals surface area contributed by atoms with Gasteiger partial charge in [0.15, 0.2) is 11.5 Å². The first kappa shape index (κ1) is 22.0. The normalized spacial score (nSPS) is 11.2. The number of hydrogen-bond donors (Lipinski definition) is 1. The van der Waals surface area contributed by atoms with Crippen molar-refractivity contribution in [2.24, 2.45) is 0 Å². The third-order valence-electron chi connectivity index (χ3n) is 3.96. The van der Waals surface area contributed by atoms with Crippen molar-refractivity contribution in [1.82, 2.24) is 20.0 Å². The van der Waals surface area contributed by atoms with Gasteiger partial charge < -0.3 is 14.8 Å². The lowest BCUT2D eigenvalue weighted by Crippen LogP contribution is -2.21. The number of carbonyl (C=O) groups excluding carboxylic acids is 2. The number of amides is 1. The number of esters is 1. The number of halogens is 4. The van der Waals surface area contributed by atoms with Crippen LogP contribution in [0.15, 0.2) is 36.5 Å². The Balaban J connectivity index is 1.98. The van der Waals surface area contributed by atoms with Gasteiger partial charge in [-0.2, -0.15) is 18.3 Å². The van der Waals surface area contributed by atoms with Crippen LogP contribution in [0.5, 0.6) is 5.88 Å². The Morgan fingerprint density at radius 2 is 1.84 bits per heavy atom. The molecular weight excluding hydrogens is 443 g/mol. The number of alkyl halides is 3. The topological polar surface area (TPSA) is 108 Å². The minimum atomic E-state index is -4.94. The van der Waals surface area contributed by atoms with E-state index in [4.69, 9.17) is 16.3 Å². The summed E-state index contributed by atoms with van der Waals surface area (Å²) in [5.74, 6) is -2.07. The van der Waals surface area contributed by atoms with Crippen LogP contribution in [0.1, 0.15) is 26.4 Å². The number of hydrogen-bond acceptors (Lipinski definition) is 7. The highest BCUT2D eigenvalue weighted by Crippen LogP contribution is 2.34. The molecule has 0 aliphatic rings. The van der Waals surface area contributed by atoms with Gasteiger partial charge >= 0.3 is 12.1 Å². The molecule has 2 heterocycles. The molecule has 1 aromatic carbocycles. The van der Waals surface area contributed by atoms with Crippen LogP contribution in [0.4, 0.5) is 18.9 Å². The summed E-state index contributed by atoms with van der Waals surface area (Å²) >= 11 is 5.90. The van der Waals surface area contributed by atoms with Gasteiger partial charge in [-0.15, -0.1) is 10.2 Å². The number of methoxy groups -OCH3 is 2. The van der Waals surface area contributed by atoms with Gasteiger partial charge in [-0.05, 0) is 24.3 Å². The SMILES string of the molecule is COC(=O)c1cc(NC(=O)c2cnn(-c3ccc(OC)nn3)c2C(F)(F)F)ccc1Cl. The summed E-state index contributed by atoms with van der Waals surface area (Å²) in [5, 5.41) is 13.2. The summed E-state index contributed by atoms with van der Waals surface area (Å²) in [6.07, 6.45) is -4.19. The maximum absolute atomic E-state index is 13.7. The van der Waals surface area contributed by atoms with Crippen LogP contribution in [0.3, 0.4) is 0 Å². The molecule has 0 aliphatic heterocycles. The van der Waals surface area contributed by atoms with Gasteiger partial charge in [-0.1, -0.05) is 11.6 Å². The van der Waals surface area contributed by atoms with Crippen LogP contribution in [-0.4, -0.2) is 46.1 Å². The smallest absolute Gasteiger partial charge is 0.434 e. The first-order chi connectivity index (χ1) is 14.7. The number of aromatic nitrogens is 4. The van der Waals surface area contributed by atoms with E-state index in [9.17, 15) is 22.8 Å². The Morgan fingerprint density at radius 3 is 2.42 bits per heavy atom. The quantitative estimate of drug-likeness (QED) is 0.587. The van der Waals surface area contributed by atoms with Gasteiger partial charge in [0.25, 0.3) is 5.91 Å². The zero-order valence-corrected chi connectivity index (χ0v) is 16.7. The largest absolute Gasteiger partial charge is 0.480 e. The Kier molecular flexibility index (Phi) is 6.11. The molecule has 0 bridgehead atoms. The highest BCUT2D eigenvalue weighted by Gasteiger charge is 2.41. The van der Waals surface area contributed by atoms with Crippen LogP contribution < -0.4 is 10.1 Å². The summed E-state index contributed by atoms with van der Waals surface area (Å²) in [7, 11) is 2.46. The molecule has 0 spiro atoms. The molecule has 2 aromatic heterocycles. The second-order valence-electron chi connectivity index (χ2n) is 5.89. The molecule has 3 aromatic rings. The summed E-state index contributed by atoms with van der Waals surface area (Å²) in [6, 6.07) is 6.30. The van der Waals surface area contributed by atoms with Gasteiger partial charge in [-0.25, -0.2) is 9.48 Å². The third-order valence-corrected chi connectivity index (χ3v) is 4.29. The average Bonchev–Trinajstić information content (AvgIpc) is 3.20. The molecule has 13 heteroatoms. The first-order valence-corrected chi connectivity index (χ1v) is 8.76. The number of ether oxygens (including phenoxy) is 2. The average molecular weight is 456 g/mol. The van der Waals surface area contributed by atoms with E-state index in [1.54, 1.807) is 0 Å². The lowest BCUT2D eigenvalue weighted by molar-refractivity contribution is -0.143. The standard InChI is InChI=1S/C18H13ClF3N5O4/c1-30-14-6-5-13(25-26-14)27-15(18(20,21)22)11(8-23-27)16(28)24-9-3-4-12(19)10(7-9)17(29)31-2/h3-8H,1-2H3,(H,24,28). The van der Waals surface area contributed by atoms with E-state index in [0.717, 1.165) is 13.3 Å². The van der Waals surface area contributed by atoms with Crippen molar-refractivity contribution < 1.29 is 32.2 Å². The van der Waals surface area contributed by atoms with E-state index in [2.05, 4.69) is 25.3 Å². The Bertz CT molecular complexity index is 1130. The molecule has 0 saturated carbocycles. The second kappa shape index (κ2) is 8.60. The van der Waals surface area contributed by atoms with E-state index in [1.165, 1.54) is 37.4 Å². The van der Waals surface area contributed by atoms with E-state index < -0.39 is 29.3 Å². The molecule has 162 valence electrons. The summed E-state index contributed by atoms with van der Waals surface area (Å²) in [5.41, 5.74) is -2.16. The van der Waals surface area contributed by atoms with E-state index in [-0.39, 0.29) is 28.0 Å². The van der Waals surface area contributed by atoms with Crippen molar-refractivity contribution in [3.05, 3.63) is 58.4 Å². The monoisotopic (exact) mass is 455 g/mol. The van der Waals surface area contributed by atoms with E-state index >= 15 is 0 Å². The third kappa shape index (κ3) is 4.58. The lowest BCUT2D eigenvalue weighted by atomic mass is 10.1. The van der Waals surface area contributed by atoms with E-state index in [0.29, 0.717) is 4.68 Å². The van der Waals surface area contributed by atoms with Crippen molar-refractivity contribution in [1.29, 1.82) is 0 Å². The fraction of sp³-hybridized carbons (Fsp3) is 0.167. The number of rotatable bonds is 5. The maximum Gasteiger partial charge on any atom is 0.434 e. The number of nitrogens with zero attached hydrogens (tertiary/aromatic N) is 4. The lowest BCUT2D eigenvalue weighted by Gasteiger charge is -2.12. The second-order valence-corrected chi connectivity index (χ2v) is 6.30. The summed E-state index contributed by atoms with van der Waals surface area (Å²) < 4.78 is 51.1. The molecular formula is C18H13ClF3N5O4. The number of carbonyl (C=O) groups is 2.